The Bertz CT molecular complexity index is 229. The van der Waals surface area contributed by atoms with Crippen molar-refractivity contribution in [3.05, 3.63) is 0 Å². The van der Waals surface area contributed by atoms with Crippen LogP contribution < -0.4 is 0 Å². The van der Waals surface area contributed by atoms with Gasteiger partial charge in [0.05, 0.1) is 18.3 Å². The molecule has 0 amide bonds. The average molecular weight is 248 g/mol. The number of hydrogen-bond acceptors (Lipinski definition) is 3. The minimum absolute atomic E-state index is 0.0722. The fourth-order valence-electron chi connectivity index (χ4n) is 2.73. The summed E-state index contributed by atoms with van der Waals surface area (Å²) in [4.78, 5) is 2.48. The zero-order valence-electron chi connectivity index (χ0n) is 10.2. The first-order valence-electron chi connectivity index (χ1n) is 6.13. The van der Waals surface area contributed by atoms with E-state index in [2.05, 4.69) is 18.7 Å². The molecule has 0 spiro atoms. The Morgan fingerprint density at radius 1 is 1.44 bits per heavy atom. The van der Waals surface area contributed by atoms with E-state index in [4.69, 9.17) is 21.1 Å². The molecule has 0 aliphatic carbocycles. The molecule has 2 saturated heterocycles. The molecular weight excluding hydrogens is 226 g/mol. The molecule has 0 bridgehead atoms. The molecule has 3 nitrogen and oxygen atoms in total. The Morgan fingerprint density at radius 2 is 2.25 bits per heavy atom. The van der Waals surface area contributed by atoms with Crippen LogP contribution in [0.4, 0.5) is 0 Å². The zero-order chi connectivity index (χ0) is 11.6. The van der Waals surface area contributed by atoms with Crippen molar-refractivity contribution in [1.82, 2.24) is 4.90 Å². The van der Waals surface area contributed by atoms with Crippen LogP contribution in [-0.2, 0) is 9.47 Å². The Balaban J connectivity index is 1.87. The highest BCUT2D eigenvalue weighted by Crippen LogP contribution is 2.24. The van der Waals surface area contributed by atoms with Crippen LogP contribution in [0.5, 0.6) is 0 Å². The number of morpholine rings is 1. The van der Waals surface area contributed by atoms with Crippen molar-refractivity contribution in [2.24, 2.45) is 5.92 Å². The highest BCUT2D eigenvalue weighted by atomic mass is 35.5. The summed E-state index contributed by atoms with van der Waals surface area (Å²) < 4.78 is 11.3. The van der Waals surface area contributed by atoms with Crippen LogP contribution in [0.2, 0.25) is 0 Å². The molecule has 2 rings (SSSR count). The standard InChI is InChI=1S/C12H22ClNO2/c1-12(2)9-14(7-11(5-13)16-12)6-10-3-4-15-8-10/h10-11H,3-9H2,1-2H3. The van der Waals surface area contributed by atoms with E-state index in [0.717, 1.165) is 32.8 Å². The van der Waals surface area contributed by atoms with Crippen LogP contribution in [0.15, 0.2) is 0 Å². The van der Waals surface area contributed by atoms with Crippen molar-refractivity contribution in [3.63, 3.8) is 0 Å². The molecule has 0 aromatic heterocycles. The van der Waals surface area contributed by atoms with Crippen molar-refractivity contribution in [3.8, 4) is 0 Å². The van der Waals surface area contributed by atoms with Gasteiger partial charge in [-0.1, -0.05) is 0 Å². The van der Waals surface area contributed by atoms with Crippen molar-refractivity contribution < 1.29 is 9.47 Å². The van der Waals surface area contributed by atoms with Crippen LogP contribution >= 0.6 is 11.6 Å². The molecule has 0 N–H and O–H groups in total. The topological polar surface area (TPSA) is 21.7 Å². The highest BCUT2D eigenvalue weighted by Gasteiger charge is 2.34. The summed E-state index contributed by atoms with van der Waals surface area (Å²) in [6.07, 6.45) is 1.37. The monoisotopic (exact) mass is 247 g/mol. The molecule has 0 aromatic carbocycles. The summed E-state index contributed by atoms with van der Waals surface area (Å²) in [6.45, 7) is 9.22. The lowest BCUT2D eigenvalue weighted by molar-refractivity contribution is -0.129. The molecule has 0 radical (unpaired) electrons. The Kier molecular flexibility index (Phi) is 4.11. The van der Waals surface area contributed by atoms with Gasteiger partial charge in [-0.05, 0) is 26.2 Å². The van der Waals surface area contributed by atoms with Crippen molar-refractivity contribution in [2.75, 3.05) is 38.7 Å². The number of halogens is 1. The van der Waals surface area contributed by atoms with Crippen molar-refractivity contribution in [1.29, 1.82) is 0 Å². The molecule has 4 heteroatoms. The third-order valence-corrected chi connectivity index (χ3v) is 3.61. The molecule has 0 saturated carbocycles. The second-order valence-electron chi connectivity index (χ2n) is 5.58. The summed E-state index contributed by atoms with van der Waals surface area (Å²) in [7, 11) is 0. The van der Waals surface area contributed by atoms with Gasteiger partial charge < -0.3 is 9.47 Å². The van der Waals surface area contributed by atoms with Gasteiger partial charge in [0.25, 0.3) is 0 Å². The molecule has 2 unspecified atom stereocenters. The average Bonchev–Trinajstić information content (AvgIpc) is 2.67. The smallest absolute Gasteiger partial charge is 0.0844 e. The van der Waals surface area contributed by atoms with Gasteiger partial charge in [-0.15, -0.1) is 11.6 Å². The van der Waals surface area contributed by atoms with Gasteiger partial charge in [0.15, 0.2) is 0 Å². The van der Waals surface area contributed by atoms with E-state index in [1.165, 1.54) is 6.42 Å². The molecule has 2 heterocycles. The van der Waals surface area contributed by atoms with Gasteiger partial charge in [-0.25, -0.2) is 0 Å². The molecule has 16 heavy (non-hydrogen) atoms. The summed E-state index contributed by atoms with van der Waals surface area (Å²) in [5, 5.41) is 0. The largest absolute Gasteiger partial charge is 0.381 e. The van der Waals surface area contributed by atoms with Crippen LogP contribution in [0.3, 0.4) is 0 Å². The summed E-state index contributed by atoms with van der Waals surface area (Å²) in [5.41, 5.74) is -0.0722. The molecule has 94 valence electrons. The number of alkyl halides is 1. The van der Waals surface area contributed by atoms with Crippen LogP contribution in [0, 0.1) is 5.92 Å². The fraction of sp³-hybridized carbons (Fsp3) is 1.00. The van der Waals surface area contributed by atoms with E-state index in [1.54, 1.807) is 0 Å². The first-order valence-corrected chi connectivity index (χ1v) is 6.66. The van der Waals surface area contributed by atoms with Gasteiger partial charge in [-0.2, -0.15) is 0 Å². The molecular formula is C12H22ClNO2. The predicted molar refractivity (Wildman–Crippen MR) is 65.0 cm³/mol. The van der Waals surface area contributed by atoms with E-state index < -0.39 is 0 Å². The van der Waals surface area contributed by atoms with Gasteiger partial charge in [0.1, 0.15) is 0 Å². The van der Waals surface area contributed by atoms with E-state index in [9.17, 15) is 0 Å². The third-order valence-electron chi connectivity index (χ3n) is 3.26. The minimum Gasteiger partial charge on any atom is -0.381 e. The number of nitrogens with zero attached hydrogens (tertiary/aromatic N) is 1. The number of rotatable bonds is 3. The van der Waals surface area contributed by atoms with Gasteiger partial charge in [0, 0.05) is 32.1 Å². The lowest BCUT2D eigenvalue weighted by Gasteiger charge is -2.43. The van der Waals surface area contributed by atoms with Gasteiger partial charge >= 0.3 is 0 Å². The summed E-state index contributed by atoms with van der Waals surface area (Å²) in [5.74, 6) is 1.28. The van der Waals surface area contributed by atoms with Crippen molar-refractivity contribution >= 4 is 11.6 Å². The molecule has 2 aliphatic rings. The van der Waals surface area contributed by atoms with Crippen LogP contribution in [0.25, 0.3) is 0 Å². The maximum atomic E-state index is 5.91. The maximum Gasteiger partial charge on any atom is 0.0844 e. The van der Waals surface area contributed by atoms with E-state index in [0.29, 0.717) is 11.8 Å². The molecule has 2 fully saturated rings. The highest BCUT2D eigenvalue weighted by molar-refractivity contribution is 6.18. The first kappa shape index (κ1) is 12.6. The first-order chi connectivity index (χ1) is 7.59. The summed E-state index contributed by atoms with van der Waals surface area (Å²) >= 11 is 5.91. The third kappa shape index (κ3) is 3.33. The maximum absolute atomic E-state index is 5.91. The zero-order valence-corrected chi connectivity index (χ0v) is 11.0. The molecule has 0 aromatic rings. The second-order valence-corrected chi connectivity index (χ2v) is 5.89. The normalized spacial score (nSPS) is 35.4. The minimum atomic E-state index is -0.0722. The van der Waals surface area contributed by atoms with E-state index in [-0.39, 0.29) is 11.7 Å². The lowest BCUT2D eigenvalue weighted by atomic mass is 10.0. The van der Waals surface area contributed by atoms with Crippen LogP contribution in [-0.4, -0.2) is 55.3 Å². The van der Waals surface area contributed by atoms with E-state index in [1.807, 2.05) is 0 Å². The van der Waals surface area contributed by atoms with Crippen LogP contribution in [0.1, 0.15) is 20.3 Å². The van der Waals surface area contributed by atoms with Crippen molar-refractivity contribution in [2.45, 2.75) is 32.0 Å². The molecule has 2 atom stereocenters. The number of ether oxygens (including phenoxy) is 2. The quantitative estimate of drug-likeness (QED) is 0.710. The summed E-state index contributed by atoms with van der Waals surface area (Å²) in [6, 6.07) is 0. The van der Waals surface area contributed by atoms with Gasteiger partial charge in [-0.3, -0.25) is 4.90 Å². The Hall–Kier alpha value is 0.170. The van der Waals surface area contributed by atoms with Gasteiger partial charge in [0.2, 0.25) is 0 Å². The Labute approximate surface area is 103 Å². The fourth-order valence-corrected chi connectivity index (χ4v) is 2.89. The predicted octanol–water partition coefficient (Wildman–Crippen LogP) is 1.74. The Morgan fingerprint density at radius 3 is 2.88 bits per heavy atom. The SMILES string of the molecule is CC1(C)CN(CC2CCOC2)CC(CCl)O1. The molecule has 2 aliphatic heterocycles. The van der Waals surface area contributed by atoms with E-state index >= 15 is 0 Å². The lowest BCUT2D eigenvalue weighted by Crippen LogP contribution is -2.54. The number of hydrogen-bond donors (Lipinski definition) is 0. The second kappa shape index (κ2) is 5.21.